The molecule has 0 aliphatic carbocycles. The number of hydrogen-bond donors (Lipinski definition) is 0. The van der Waals surface area contributed by atoms with Crippen LogP contribution in [-0.4, -0.2) is 22.1 Å². The molecule has 0 bridgehead atoms. The average molecular weight is 202 g/mol. The molecule has 1 rings (SSSR count). The van der Waals surface area contributed by atoms with Crippen molar-refractivity contribution in [3.8, 4) is 0 Å². The summed E-state index contributed by atoms with van der Waals surface area (Å²) in [5.41, 5.74) is 0.646. The molecular formula is C9H22OSi2. The molecule has 1 atom stereocenters. The van der Waals surface area contributed by atoms with E-state index in [-0.39, 0.29) is 0 Å². The lowest BCUT2D eigenvalue weighted by Crippen LogP contribution is -2.50. The zero-order valence-electron chi connectivity index (χ0n) is 9.11. The fourth-order valence-electron chi connectivity index (χ4n) is 1.83. The van der Waals surface area contributed by atoms with Gasteiger partial charge in [-0.1, -0.05) is 26.1 Å². The molecule has 12 heavy (non-hydrogen) atoms. The summed E-state index contributed by atoms with van der Waals surface area (Å²) in [6.45, 7) is 12.0. The van der Waals surface area contributed by atoms with E-state index in [0.717, 1.165) is 0 Å². The number of rotatable bonds is 1. The van der Waals surface area contributed by atoms with Crippen LogP contribution in [0.2, 0.25) is 38.8 Å². The summed E-state index contributed by atoms with van der Waals surface area (Å²) in [5, 5.41) is 0. The van der Waals surface area contributed by atoms with Crippen LogP contribution >= 0.6 is 0 Å². The first-order chi connectivity index (χ1) is 5.31. The Bertz CT molecular complexity index is 157. The van der Waals surface area contributed by atoms with Crippen LogP contribution < -0.4 is 0 Å². The Hall–Kier alpha value is 0.394. The molecule has 0 aromatic heterocycles. The first-order valence-electron chi connectivity index (χ1n) is 4.99. The molecule has 0 radical (unpaired) electrons. The van der Waals surface area contributed by atoms with Crippen molar-refractivity contribution in [2.75, 3.05) is 0 Å². The fourth-order valence-corrected chi connectivity index (χ4v) is 7.33. The predicted octanol–water partition coefficient (Wildman–Crippen LogP) is 3.25. The molecule has 1 heterocycles. The van der Waals surface area contributed by atoms with Gasteiger partial charge in [0, 0.05) is 5.73 Å². The van der Waals surface area contributed by atoms with Gasteiger partial charge in [-0.25, -0.2) is 0 Å². The SMILES string of the molecule is C[Si]1(C)CCCC([Si](C)(C)C)O1. The molecule has 1 fully saturated rings. The molecule has 0 aromatic rings. The van der Waals surface area contributed by atoms with Gasteiger partial charge in [0.25, 0.3) is 0 Å². The molecular weight excluding hydrogens is 180 g/mol. The monoisotopic (exact) mass is 202 g/mol. The summed E-state index contributed by atoms with van der Waals surface area (Å²) in [4.78, 5) is 0. The minimum atomic E-state index is -1.23. The quantitative estimate of drug-likeness (QED) is 0.593. The Morgan fingerprint density at radius 2 is 1.83 bits per heavy atom. The van der Waals surface area contributed by atoms with Crippen LogP contribution in [0.1, 0.15) is 12.8 Å². The highest BCUT2D eigenvalue weighted by Gasteiger charge is 2.37. The van der Waals surface area contributed by atoms with E-state index in [4.69, 9.17) is 4.43 Å². The van der Waals surface area contributed by atoms with E-state index in [0.29, 0.717) is 5.73 Å². The van der Waals surface area contributed by atoms with Crippen molar-refractivity contribution in [1.82, 2.24) is 0 Å². The van der Waals surface area contributed by atoms with Gasteiger partial charge in [-0.3, -0.25) is 0 Å². The molecule has 1 saturated heterocycles. The van der Waals surface area contributed by atoms with Crippen molar-refractivity contribution in [3.63, 3.8) is 0 Å². The van der Waals surface area contributed by atoms with Gasteiger partial charge in [0.1, 0.15) is 0 Å². The zero-order valence-corrected chi connectivity index (χ0v) is 11.1. The molecule has 1 aliphatic heterocycles. The van der Waals surface area contributed by atoms with Crippen molar-refractivity contribution in [1.29, 1.82) is 0 Å². The maximum absolute atomic E-state index is 6.24. The van der Waals surface area contributed by atoms with Gasteiger partial charge in [-0.15, -0.1) is 0 Å². The van der Waals surface area contributed by atoms with E-state index < -0.39 is 16.4 Å². The van der Waals surface area contributed by atoms with Gasteiger partial charge in [0.05, 0.1) is 8.07 Å². The maximum Gasteiger partial charge on any atom is 0.186 e. The van der Waals surface area contributed by atoms with Crippen LogP contribution in [0.3, 0.4) is 0 Å². The minimum Gasteiger partial charge on any atom is -0.418 e. The molecule has 1 aliphatic rings. The number of hydrogen-bond acceptors (Lipinski definition) is 1. The minimum absolute atomic E-state index is 0.646. The van der Waals surface area contributed by atoms with Crippen molar-refractivity contribution < 1.29 is 4.43 Å². The highest BCUT2D eigenvalue weighted by Crippen LogP contribution is 2.30. The second-order valence-electron chi connectivity index (χ2n) is 5.62. The molecule has 0 aromatic carbocycles. The second kappa shape index (κ2) is 3.27. The molecule has 3 heteroatoms. The molecule has 1 nitrogen and oxygen atoms in total. The van der Waals surface area contributed by atoms with Gasteiger partial charge < -0.3 is 4.43 Å². The zero-order chi connectivity index (χ0) is 9.41. The third kappa shape index (κ3) is 2.71. The summed E-state index contributed by atoms with van der Waals surface area (Å²) in [5.74, 6) is 0. The highest BCUT2D eigenvalue weighted by molar-refractivity contribution is 6.79. The van der Waals surface area contributed by atoms with Gasteiger partial charge in [0.2, 0.25) is 0 Å². The summed E-state index contributed by atoms with van der Waals surface area (Å²) in [6, 6.07) is 1.37. The van der Waals surface area contributed by atoms with Crippen LogP contribution in [0.25, 0.3) is 0 Å². The van der Waals surface area contributed by atoms with Gasteiger partial charge in [0.15, 0.2) is 8.32 Å². The van der Waals surface area contributed by atoms with E-state index >= 15 is 0 Å². The van der Waals surface area contributed by atoms with E-state index in [9.17, 15) is 0 Å². The Kier molecular flexibility index (Phi) is 2.86. The van der Waals surface area contributed by atoms with Gasteiger partial charge in [-0.05, 0) is 25.6 Å². The lowest BCUT2D eigenvalue weighted by molar-refractivity contribution is 0.224. The van der Waals surface area contributed by atoms with Crippen LogP contribution in [0, 0.1) is 0 Å². The molecule has 0 saturated carbocycles. The van der Waals surface area contributed by atoms with E-state index in [1.807, 2.05) is 0 Å². The first kappa shape index (κ1) is 10.5. The van der Waals surface area contributed by atoms with Crippen LogP contribution in [0.15, 0.2) is 0 Å². The normalized spacial score (nSPS) is 30.2. The van der Waals surface area contributed by atoms with E-state index in [1.165, 1.54) is 18.9 Å². The predicted molar refractivity (Wildman–Crippen MR) is 59.7 cm³/mol. The summed E-state index contributed by atoms with van der Waals surface area (Å²) >= 11 is 0. The van der Waals surface area contributed by atoms with E-state index in [2.05, 4.69) is 32.7 Å². The Labute approximate surface area is 78.7 Å². The van der Waals surface area contributed by atoms with Crippen molar-refractivity contribution in [2.24, 2.45) is 0 Å². The van der Waals surface area contributed by atoms with Crippen molar-refractivity contribution >= 4 is 16.4 Å². The average Bonchev–Trinajstić information content (AvgIpc) is 1.83. The van der Waals surface area contributed by atoms with Crippen LogP contribution in [0.5, 0.6) is 0 Å². The molecule has 1 unspecified atom stereocenters. The third-order valence-electron chi connectivity index (χ3n) is 2.67. The van der Waals surface area contributed by atoms with E-state index in [1.54, 1.807) is 0 Å². The lowest BCUT2D eigenvalue weighted by Gasteiger charge is -2.40. The molecule has 0 N–H and O–H groups in total. The second-order valence-corrected chi connectivity index (χ2v) is 15.3. The first-order valence-corrected chi connectivity index (χ1v) is 11.7. The largest absolute Gasteiger partial charge is 0.418 e. The third-order valence-corrected chi connectivity index (χ3v) is 7.73. The molecule has 0 amide bonds. The standard InChI is InChI=1S/C9H22OSi2/c1-11(2,3)9-7-6-8-12(4,5)10-9/h9H,6-8H2,1-5H3. The van der Waals surface area contributed by atoms with Crippen molar-refractivity contribution in [3.05, 3.63) is 0 Å². The molecule has 0 spiro atoms. The van der Waals surface area contributed by atoms with Gasteiger partial charge in [-0.2, -0.15) is 0 Å². The smallest absolute Gasteiger partial charge is 0.186 e. The maximum atomic E-state index is 6.24. The topological polar surface area (TPSA) is 9.23 Å². The molecule has 72 valence electrons. The Morgan fingerprint density at radius 1 is 1.25 bits per heavy atom. The lowest BCUT2D eigenvalue weighted by atomic mass is 10.3. The summed E-state index contributed by atoms with van der Waals surface area (Å²) in [6.07, 6.45) is 2.74. The summed E-state index contributed by atoms with van der Waals surface area (Å²) in [7, 11) is -2.26. The fraction of sp³-hybridized carbons (Fsp3) is 1.00. The Balaban J connectivity index is 2.58. The highest BCUT2D eigenvalue weighted by atomic mass is 28.4. The Morgan fingerprint density at radius 3 is 2.17 bits per heavy atom. The summed E-state index contributed by atoms with van der Waals surface area (Å²) < 4.78 is 6.24. The van der Waals surface area contributed by atoms with Crippen LogP contribution in [-0.2, 0) is 4.43 Å². The van der Waals surface area contributed by atoms with Crippen molar-refractivity contribution in [2.45, 2.75) is 57.3 Å². The van der Waals surface area contributed by atoms with Gasteiger partial charge >= 0.3 is 0 Å². The van der Waals surface area contributed by atoms with Crippen LogP contribution in [0.4, 0.5) is 0 Å².